The Labute approximate surface area is 215 Å². The van der Waals surface area contributed by atoms with Crippen molar-refractivity contribution in [1.29, 1.82) is 0 Å². The molecule has 0 aliphatic heterocycles. The number of hydrogen-bond acceptors (Lipinski definition) is 4. The molecule has 0 fully saturated rings. The molecular formula is C29H36N2O4S. The molecule has 7 heteroatoms. The lowest BCUT2D eigenvalue weighted by Crippen LogP contribution is -2.41. The first-order chi connectivity index (χ1) is 17.3. The fourth-order valence-electron chi connectivity index (χ4n) is 3.82. The molecule has 0 aliphatic rings. The number of sulfonamides is 1. The summed E-state index contributed by atoms with van der Waals surface area (Å²) in [4.78, 5) is 13.0. The molecule has 6 nitrogen and oxygen atoms in total. The molecular weight excluding hydrogens is 472 g/mol. The quantitative estimate of drug-likeness (QED) is 0.308. The molecule has 0 saturated carbocycles. The van der Waals surface area contributed by atoms with Crippen LogP contribution in [-0.2, 0) is 21.2 Å². The van der Waals surface area contributed by atoms with Crippen LogP contribution in [0.25, 0.3) is 0 Å². The van der Waals surface area contributed by atoms with Crippen molar-refractivity contribution < 1.29 is 17.9 Å². The van der Waals surface area contributed by atoms with Gasteiger partial charge in [-0.1, -0.05) is 69.3 Å². The number of anilines is 1. The molecule has 3 aromatic rings. The van der Waals surface area contributed by atoms with Crippen molar-refractivity contribution in [2.45, 2.75) is 50.8 Å². The minimum absolute atomic E-state index is 0.148. The summed E-state index contributed by atoms with van der Waals surface area (Å²) in [5.74, 6) is 0.840. The molecule has 0 atom stereocenters. The van der Waals surface area contributed by atoms with E-state index in [0.717, 1.165) is 29.7 Å². The molecule has 192 valence electrons. The van der Waals surface area contributed by atoms with Gasteiger partial charge < -0.3 is 10.1 Å². The third kappa shape index (κ3) is 7.34. The molecule has 0 aromatic heterocycles. The van der Waals surface area contributed by atoms with Gasteiger partial charge in [0.2, 0.25) is 5.91 Å². The van der Waals surface area contributed by atoms with Gasteiger partial charge in [-0.3, -0.25) is 9.10 Å². The van der Waals surface area contributed by atoms with Crippen LogP contribution >= 0.6 is 0 Å². The number of amides is 1. The molecule has 0 saturated heterocycles. The zero-order valence-electron chi connectivity index (χ0n) is 21.3. The number of nitrogens with zero attached hydrogens (tertiary/aromatic N) is 1. The second kappa shape index (κ2) is 13.1. The van der Waals surface area contributed by atoms with E-state index in [9.17, 15) is 13.2 Å². The largest absolute Gasteiger partial charge is 0.493 e. The van der Waals surface area contributed by atoms with E-state index >= 15 is 0 Å². The Kier molecular flexibility index (Phi) is 9.94. The average Bonchev–Trinajstić information content (AvgIpc) is 2.89. The van der Waals surface area contributed by atoms with E-state index in [-0.39, 0.29) is 17.3 Å². The Morgan fingerprint density at radius 3 is 2.28 bits per heavy atom. The van der Waals surface area contributed by atoms with E-state index in [1.807, 2.05) is 36.4 Å². The van der Waals surface area contributed by atoms with E-state index in [0.29, 0.717) is 31.2 Å². The van der Waals surface area contributed by atoms with E-state index in [1.165, 1.54) is 4.31 Å². The van der Waals surface area contributed by atoms with Crippen LogP contribution in [-0.4, -0.2) is 34.0 Å². The van der Waals surface area contributed by atoms with Crippen LogP contribution in [0.1, 0.15) is 50.7 Å². The molecule has 0 spiro atoms. The zero-order chi connectivity index (χ0) is 26.0. The summed E-state index contributed by atoms with van der Waals surface area (Å²) in [6, 6.07) is 23.4. The molecule has 0 aliphatic carbocycles. The first-order valence-corrected chi connectivity index (χ1v) is 13.9. The minimum atomic E-state index is -3.91. The second-order valence-corrected chi connectivity index (χ2v) is 10.8. The van der Waals surface area contributed by atoms with E-state index in [1.54, 1.807) is 42.5 Å². The van der Waals surface area contributed by atoms with Gasteiger partial charge in [0, 0.05) is 6.54 Å². The highest BCUT2D eigenvalue weighted by molar-refractivity contribution is 7.92. The number of para-hydroxylation sites is 1. The van der Waals surface area contributed by atoms with Gasteiger partial charge in [-0.15, -0.1) is 0 Å². The van der Waals surface area contributed by atoms with Crippen LogP contribution in [0.5, 0.6) is 5.75 Å². The molecule has 0 heterocycles. The van der Waals surface area contributed by atoms with E-state index < -0.39 is 10.0 Å². The molecule has 0 bridgehead atoms. The smallest absolute Gasteiger partial charge is 0.264 e. The Hall–Kier alpha value is -3.32. The molecule has 0 unspecified atom stereocenters. The van der Waals surface area contributed by atoms with Crippen LogP contribution in [0.2, 0.25) is 0 Å². The lowest BCUT2D eigenvalue weighted by atomic mass is 10.0. The van der Waals surface area contributed by atoms with Gasteiger partial charge in [0.25, 0.3) is 10.0 Å². The fraction of sp³-hybridized carbons (Fsp3) is 0.345. The Morgan fingerprint density at radius 2 is 1.61 bits per heavy atom. The Bertz CT molecular complexity index is 1210. The molecule has 0 radical (unpaired) electrons. The highest BCUT2D eigenvalue weighted by Crippen LogP contribution is 2.26. The van der Waals surface area contributed by atoms with Crippen molar-refractivity contribution in [2.24, 2.45) is 0 Å². The van der Waals surface area contributed by atoms with Crippen LogP contribution in [0.4, 0.5) is 5.69 Å². The third-order valence-electron chi connectivity index (χ3n) is 5.85. The maximum atomic E-state index is 13.5. The lowest BCUT2D eigenvalue weighted by molar-refractivity contribution is -0.119. The van der Waals surface area contributed by atoms with Crippen LogP contribution in [0.3, 0.4) is 0 Å². The first-order valence-electron chi connectivity index (χ1n) is 12.5. The van der Waals surface area contributed by atoms with Gasteiger partial charge in [0.15, 0.2) is 0 Å². The van der Waals surface area contributed by atoms with Crippen LogP contribution < -0.4 is 14.4 Å². The van der Waals surface area contributed by atoms with Gasteiger partial charge in [0.1, 0.15) is 12.3 Å². The zero-order valence-corrected chi connectivity index (χ0v) is 22.1. The number of carbonyl (C=O) groups excluding carboxylic acids is 1. The van der Waals surface area contributed by atoms with Crippen molar-refractivity contribution in [3.8, 4) is 5.75 Å². The Morgan fingerprint density at radius 1 is 0.944 bits per heavy atom. The number of ether oxygens (including phenoxy) is 1. The van der Waals surface area contributed by atoms with Crippen LogP contribution in [0, 0.1) is 0 Å². The second-order valence-electron chi connectivity index (χ2n) is 8.98. The molecule has 36 heavy (non-hydrogen) atoms. The summed E-state index contributed by atoms with van der Waals surface area (Å²) in [7, 11) is -3.91. The molecule has 1 N–H and O–H groups in total. The summed E-state index contributed by atoms with van der Waals surface area (Å²) in [5.41, 5.74) is 2.66. The highest BCUT2D eigenvalue weighted by Gasteiger charge is 2.27. The van der Waals surface area contributed by atoms with Gasteiger partial charge in [0.05, 0.1) is 17.2 Å². The Balaban J connectivity index is 1.68. The maximum absolute atomic E-state index is 13.5. The molecule has 3 aromatic carbocycles. The van der Waals surface area contributed by atoms with E-state index in [2.05, 4.69) is 26.1 Å². The number of benzene rings is 3. The average molecular weight is 509 g/mol. The normalized spacial score (nSPS) is 11.3. The predicted molar refractivity (Wildman–Crippen MR) is 145 cm³/mol. The number of hydrogen-bond donors (Lipinski definition) is 1. The van der Waals surface area contributed by atoms with Crippen molar-refractivity contribution >= 4 is 21.6 Å². The van der Waals surface area contributed by atoms with Gasteiger partial charge in [-0.05, 0) is 66.6 Å². The number of carbonyl (C=O) groups is 1. The summed E-state index contributed by atoms with van der Waals surface area (Å²) in [5, 5.41) is 2.88. The predicted octanol–water partition coefficient (Wildman–Crippen LogP) is 5.54. The minimum Gasteiger partial charge on any atom is -0.493 e. The summed E-state index contributed by atoms with van der Waals surface area (Å²) >= 11 is 0. The van der Waals surface area contributed by atoms with Gasteiger partial charge >= 0.3 is 0 Å². The first kappa shape index (κ1) is 27.3. The number of rotatable bonds is 13. The summed E-state index contributed by atoms with van der Waals surface area (Å²) in [6.45, 7) is 7.03. The van der Waals surface area contributed by atoms with Crippen molar-refractivity contribution in [3.63, 3.8) is 0 Å². The molecule has 3 rings (SSSR count). The van der Waals surface area contributed by atoms with Crippen LogP contribution in [0.15, 0.2) is 83.8 Å². The standard InChI is InChI=1S/C29H36N2O4S/c1-4-21-35-28-15-9-8-11-25(28)12-10-20-30-29(32)22-31(26-18-16-24(17-19-26)23(2)3)36(33,34)27-13-6-5-7-14-27/h5-9,11,13-19,23H,4,10,12,20-22H2,1-3H3,(H,30,32). The summed E-state index contributed by atoms with van der Waals surface area (Å²) in [6.07, 6.45) is 2.41. The number of nitrogens with one attached hydrogen (secondary N) is 1. The van der Waals surface area contributed by atoms with Gasteiger partial charge in [-0.25, -0.2) is 8.42 Å². The summed E-state index contributed by atoms with van der Waals surface area (Å²) < 4.78 is 33.9. The lowest BCUT2D eigenvalue weighted by Gasteiger charge is -2.24. The fourth-order valence-corrected chi connectivity index (χ4v) is 5.26. The third-order valence-corrected chi connectivity index (χ3v) is 7.63. The monoisotopic (exact) mass is 508 g/mol. The van der Waals surface area contributed by atoms with Crippen molar-refractivity contribution in [2.75, 3.05) is 24.0 Å². The molecule has 1 amide bonds. The van der Waals surface area contributed by atoms with E-state index in [4.69, 9.17) is 4.74 Å². The van der Waals surface area contributed by atoms with Crippen molar-refractivity contribution in [3.05, 3.63) is 90.0 Å². The van der Waals surface area contributed by atoms with Crippen molar-refractivity contribution in [1.82, 2.24) is 5.32 Å². The number of aryl methyl sites for hydroxylation is 1. The topological polar surface area (TPSA) is 75.7 Å². The SMILES string of the molecule is CCCOc1ccccc1CCCNC(=O)CN(c1ccc(C(C)C)cc1)S(=O)(=O)c1ccccc1. The highest BCUT2D eigenvalue weighted by atomic mass is 32.2. The maximum Gasteiger partial charge on any atom is 0.264 e. The van der Waals surface area contributed by atoms with Gasteiger partial charge in [-0.2, -0.15) is 0 Å².